The Hall–Kier alpha value is -2.16. The van der Waals surface area contributed by atoms with E-state index < -0.39 is 0 Å². The number of aromatic hydroxyl groups is 3. The molecule has 0 fully saturated rings. The highest BCUT2D eigenvalue weighted by Crippen LogP contribution is 2.44. The lowest BCUT2D eigenvalue weighted by atomic mass is 9.93. The highest BCUT2D eigenvalue weighted by molar-refractivity contribution is 5.80. The van der Waals surface area contributed by atoms with E-state index in [1.165, 1.54) is 6.07 Å². The summed E-state index contributed by atoms with van der Waals surface area (Å²) in [5.74, 6) is -0.492. The molecule has 0 atom stereocenters. The topological polar surface area (TPSA) is 60.7 Å². The number of phenolic OH excluding ortho intramolecular Hbond substituents is 3. The van der Waals surface area contributed by atoms with Crippen molar-refractivity contribution in [2.45, 2.75) is 20.8 Å². The maximum absolute atomic E-state index is 10.1. The van der Waals surface area contributed by atoms with Crippen molar-refractivity contribution < 1.29 is 15.3 Å². The SMILES string of the molecule is Cc1cccc(C)c1-c1cc(O)c(O)c(C)c1O. The molecular weight excluding hydrogens is 228 g/mol. The van der Waals surface area contributed by atoms with Crippen molar-refractivity contribution in [3.63, 3.8) is 0 Å². The Morgan fingerprint density at radius 2 is 1.39 bits per heavy atom. The van der Waals surface area contributed by atoms with E-state index in [1.54, 1.807) is 6.92 Å². The molecule has 2 rings (SSSR count). The Balaban J connectivity index is 2.80. The van der Waals surface area contributed by atoms with Crippen LogP contribution in [0.15, 0.2) is 24.3 Å². The largest absolute Gasteiger partial charge is 0.507 e. The molecule has 0 aliphatic rings. The molecule has 3 nitrogen and oxygen atoms in total. The number of aryl methyl sites for hydroxylation is 2. The van der Waals surface area contributed by atoms with Crippen molar-refractivity contribution in [2.75, 3.05) is 0 Å². The standard InChI is InChI=1S/C15H16O3/c1-8-5-4-6-9(2)13(8)11-7-12(16)15(18)10(3)14(11)17/h4-7,16-18H,1-3H3. The molecule has 0 aliphatic heterocycles. The summed E-state index contributed by atoms with van der Waals surface area (Å²) in [6.45, 7) is 5.46. The van der Waals surface area contributed by atoms with Crippen LogP contribution in [0.2, 0.25) is 0 Å². The van der Waals surface area contributed by atoms with Gasteiger partial charge in [-0.25, -0.2) is 0 Å². The second kappa shape index (κ2) is 4.26. The molecule has 0 saturated carbocycles. The molecule has 0 radical (unpaired) electrons. The third-order valence-corrected chi connectivity index (χ3v) is 3.24. The molecule has 0 bridgehead atoms. The van der Waals surface area contributed by atoms with Crippen molar-refractivity contribution in [2.24, 2.45) is 0 Å². The Bertz CT molecular complexity index is 595. The summed E-state index contributed by atoms with van der Waals surface area (Å²) in [5.41, 5.74) is 3.73. The van der Waals surface area contributed by atoms with Crippen LogP contribution in [0, 0.1) is 20.8 Å². The maximum atomic E-state index is 10.1. The van der Waals surface area contributed by atoms with Crippen LogP contribution in [-0.4, -0.2) is 15.3 Å². The van der Waals surface area contributed by atoms with E-state index in [-0.39, 0.29) is 22.8 Å². The molecule has 0 unspecified atom stereocenters. The van der Waals surface area contributed by atoms with Crippen LogP contribution >= 0.6 is 0 Å². The third-order valence-electron chi connectivity index (χ3n) is 3.24. The van der Waals surface area contributed by atoms with Gasteiger partial charge in [0.2, 0.25) is 0 Å². The lowest BCUT2D eigenvalue weighted by Crippen LogP contribution is -1.90. The number of hydrogen-bond acceptors (Lipinski definition) is 3. The van der Waals surface area contributed by atoms with Gasteiger partial charge in [-0.15, -0.1) is 0 Å². The van der Waals surface area contributed by atoms with E-state index in [0.29, 0.717) is 5.56 Å². The van der Waals surface area contributed by atoms with Crippen molar-refractivity contribution in [3.05, 3.63) is 41.0 Å². The fourth-order valence-electron chi connectivity index (χ4n) is 2.21. The molecular formula is C15H16O3. The fourth-order valence-corrected chi connectivity index (χ4v) is 2.21. The van der Waals surface area contributed by atoms with Crippen LogP contribution in [0.1, 0.15) is 16.7 Å². The van der Waals surface area contributed by atoms with Gasteiger partial charge in [-0.1, -0.05) is 18.2 Å². The number of hydrogen-bond donors (Lipinski definition) is 3. The van der Waals surface area contributed by atoms with Crippen LogP contribution in [0.4, 0.5) is 0 Å². The molecule has 94 valence electrons. The van der Waals surface area contributed by atoms with Crippen molar-refractivity contribution >= 4 is 0 Å². The maximum Gasteiger partial charge on any atom is 0.164 e. The zero-order valence-electron chi connectivity index (χ0n) is 10.7. The molecule has 0 spiro atoms. The number of phenols is 3. The molecule has 2 aromatic carbocycles. The van der Waals surface area contributed by atoms with E-state index in [1.807, 2.05) is 32.0 Å². The van der Waals surface area contributed by atoms with E-state index in [0.717, 1.165) is 16.7 Å². The molecule has 0 aromatic heterocycles. The van der Waals surface area contributed by atoms with E-state index in [2.05, 4.69) is 0 Å². The molecule has 0 saturated heterocycles. The molecule has 3 N–H and O–H groups in total. The van der Waals surface area contributed by atoms with Crippen LogP contribution in [0.3, 0.4) is 0 Å². The molecule has 0 amide bonds. The minimum atomic E-state index is -0.275. The quantitative estimate of drug-likeness (QED) is 0.532. The van der Waals surface area contributed by atoms with Gasteiger partial charge in [0.05, 0.1) is 0 Å². The van der Waals surface area contributed by atoms with Crippen molar-refractivity contribution in [3.8, 4) is 28.4 Å². The predicted molar refractivity (Wildman–Crippen MR) is 71.1 cm³/mol. The number of rotatable bonds is 1. The summed E-state index contributed by atoms with van der Waals surface area (Å²) in [6.07, 6.45) is 0. The van der Waals surface area contributed by atoms with Gasteiger partial charge < -0.3 is 15.3 Å². The third kappa shape index (κ3) is 1.78. The van der Waals surface area contributed by atoms with Gasteiger partial charge in [-0.05, 0) is 43.5 Å². The Morgan fingerprint density at radius 1 is 0.833 bits per heavy atom. The van der Waals surface area contributed by atoms with Crippen LogP contribution in [0.25, 0.3) is 11.1 Å². The zero-order chi connectivity index (χ0) is 13.4. The summed E-state index contributed by atoms with van der Waals surface area (Å²) >= 11 is 0. The second-order valence-corrected chi connectivity index (χ2v) is 4.53. The first-order chi connectivity index (χ1) is 8.43. The van der Waals surface area contributed by atoms with Gasteiger partial charge in [0.15, 0.2) is 11.5 Å². The highest BCUT2D eigenvalue weighted by atomic mass is 16.3. The Labute approximate surface area is 106 Å². The Kier molecular flexibility index (Phi) is 2.91. The predicted octanol–water partition coefficient (Wildman–Crippen LogP) is 3.40. The summed E-state index contributed by atoms with van der Waals surface area (Å²) in [4.78, 5) is 0. The smallest absolute Gasteiger partial charge is 0.164 e. The molecule has 18 heavy (non-hydrogen) atoms. The first-order valence-corrected chi connectivity index (χ1v) is 5.74. The van der Waals surface area contributed by atoms with Crippen molar-refractivity contribution in [1.29, 1.82) is 0 Å². The van der Waals surface area contributed by atoms with E-state index >= 15 is 0 Å². The van der Waals surface area contributed by atoms with Gasteiger partial charge in [0.25, 0.3) is 0 Å². The van der Waals surface area contributed by atoms with E-state index in [4.69, 9.17) is 0 Å². The first kappa shape index (κ1) is 12.3. The van der Waals surface area contributed by atoms with Crippen LogP contribution in [0.5, 0.6) is 17.2 Å². The summed E-state index contributed by atoms with van der Waals surface area (Å²) in [6, 6.07) is 7.23. The molecule has 2 aromatic rings. The average molecular weight is 244 g/mol. The van der Waals surface area contributed by atoms with Gasteiger partial charge >= 0.3 is 0 Å². The zero-order valence-corrected chi connectivity index (χ0v) is 10.7. The summed E-state index contributed by atoms with van der Waals surface area (Å²) in [5, 5.41) is 29.4. The normalized spacial score (nSPS) is 10.6. The van der Waals surface area contributed by atoms with Crippen molar-refractivity contribution in [1.82, 2.24) is 0 Å². The second-order valence-electron chi connectivity index (χ2n) is 4.53. The van der Waals surface area contributed by atoms with Crippen LogP contribution < -0.4 is 0 Å². The summed E-state index contributed by atoms with van der Waals surface area (Å²) < 4.78 is 0. The summed E-state index contributed by atoms with van der Waals surface area (Å²) in [7, 11) is 0. The van der Waals surface area contributed by atoms with Crippen LogP contribution in [-0.2, 0) is 0 Å². The minimum absolute atomic E-state index is 0.00250. The number of benzene rings is 2. The lowest BCUT2D eigenvalue weighted by molar-refractivity contribution is 0.393. The average Bonchev–Trinajstić information content (AvgIpc) is 2.32. The van der Waals surface area contributed by atoms with Gasteiger partial charge in [0, 0.05) is 11.1 Å². The highest BCUT2D eigenvalue weighted by Gasteiger charge is 2.17. The molecule has 3 heteroatoms. The molecule has 0 aliphatic carbocycles. The van der Waals surface area contributed by atoms with Gasteiger partial charge in [-0.2, -0.15) is 0 Å². The fraction of sp³-hybridized carbons (Fsp3) is 0.200. The van der Waals surface area contributed by atoms with Gasteiger partial charge in [0.1, 0.15) is 5.75 Å². The minimum Gasteiger partial charge on any atom is -0.507 e. The lowest BCUT2D eigenvalue weighted by Gasteiger charge is -2.14. The monoisotopic (exact) mass is 244 g/mol. The first-order valence-electron chi connectivity index (χ1n) is 5.74. The molecule has 0 heterocycles. The Morgan fingerprint density at radius 3 is 1.94 bits per heavy atom. The van der Waals surface area contributed by atoms with Gasteiger partial charge in [-0.3, -0.25) is 0 Å². The van der Waals surface area contributed by atoms with E-state index in [9.17, 15) is 15.3 Å².